The second kappa shape index (κ2) is 6.27. The second-order valence-electron chi connectivity index (χ2n) is 6.56. The van der Waals surface area contributed by atoms with Gasteiger partial charge in [0.1, 0.15) is 5.82 Å². The summed E-state index contributed by atoms with van der Waals surface area (Å²) in [4.78, 5) is 4.01. The molecule has 1 aromatic carbocycles. The van der Waals surface area contributed by atoms with Crippen LogP contribution in [0.1, 0.15) is 50.4 Å². The third-order valence-electron chi connectivity index (χ3n) is 3.73. The fourth-order valence-corrected chi connectivity index (χ4v) is 2.26. The number of anilines is 1. The van der Waals surface area contributed by atoms with Crippen LogP contribution in [0, 0.1) is 0 Å². The molecule has 1 aromatic heterocycles. The molecule has 0 bridgehead atoms. The van der Waals surface area contributed by atoms with E-state index in [0.717, 1.165) is 12.1 Å². The van der Waals surface area contributed by atoms with Crippen molar-refractivity contribution >= 4 is 5.82 Å². The molecule has 3 N–H and O–H groups in total. The number of hydrogen-bond donors (Lipinski definition) is 2. The van der Waals surface area contributed by atoms with E-state index in [2.05, 4.69) is 62.3 Å². The van der Waals surface area contributed by atoms with Gasteiger partial charge >= 0.3 is 0 Å². The van der Waals surface area contributed by atoms with Crippen molar-refractivity contribution < 1.29 is 0 Å². The zero-order chi connectivity index (χ0) is 15.5. The van der Waals surface area contributed by atoms with Crippen molar-refractivity contribution in [2.75, 3.05) is 5.73 Å². The highest BCUT2D eigenvalue weighted by atomic mass is 14.9. The van der Waals surface area contributed by atoms with Crippen molar-refractivity contribution in [1.82, 2.24) is 10.3 Å². The van der Waals surface area contributed by atoms with Crippen LogP contribution in [0.3, 0.4) is 0 Å². The first-order valence-electron chi connectivity index (χ1n) is 7.40. The van der Waals surface area contributed by atoms with Gasteiger partial charge in [-0.2, -0.15) is 0 Å². The van der Waals surface area contributed by atoms with E-state index >= 15 is 0 Å². The van der Waals surface area contributed by atoms with Crippen molar-refractivity contribution in [3.05, 3.63) is 59.3 Å². The lowest BCUT2D eigenvalue weighted by molar-refractivity contribution is 0.569. The molecule has 1 heterocycles. The molecule has 1 atom stereocenters. The van der Waals surface area contributed by atoms with Gasteiger partial charge in [0.05, 0.1) is 0 Å². The number of aromatic nitrogens is 1. The van der Waals surface area contributed by atoms with Gasteiger partial charge in [-0.3, -0.25) is 0 Å². The summed E-state index contributed by atoms with van der Waals surface area (Å²) in [5.74, 6) is 0.566. The van der Waals surface area contributed by atoms with E-state index in [0.29, 0.717) is 11.9 Å². The highest BCUT2D eigenvalue weighted by molar-refractivity contribution is 5.32. The second-order valence-corrected chi connectivity index (χ2v) is 6.56. The first-order chi connectivity index (χ1) is 9.86. The molecule has 3 heteroatoms. The van der Waals surface area contributed by atoms with Crippen LogP contribution in [0.25, 0.3) is 0 Å². The molecule has 0 aliphatic rings. The normalized spacial score (nSPS) is 13.1. The Bertz CT molecular complexity index is 582. The van der Waals surface area contributed by atoms with Crippen molar-refractivity contribution in [1.29, 1.82) is 0 Å². The maximum Gasteiger partial charge on any atom is 0.123 e. The first-order valence-corrected chi connectivity index (χ1v) is 7.40. The van der Waals surface area contributed by atoms with Crippen LogP contribution in [0.15, 0.2) is 42.6 Å². The first kappa shape index (κ1) is 15.5. The number of rotatable bonds is 4. The molecular weight excluding hydrogens is 258 g/mol. The van der Waals surface area contributed by atoms with Crippen LogP contribution in [0.2, 0.25) is 0 Å². The predicted molar refractivity (Wildman–Crippen MR) is 89.0 cm³/mol. The fourth-order valence-electron chi connectivity index (χ4n) is 2.26. The largest absolute Gasteiger partial charge is 0.384 e. The van der Waals surface area contributed by atoms with E-state index in [9.17, 15) is 0 Å². The summed E-state index contributed by atoms with van der Waals surface area (Å²) < 4.78 is 0. The third-order valence-corrected chi connectivity index (χ3v) is 3.73. The molecule has 0 aliphatic heterocycles. The lowest BCUT2D eigenvalue weighted by Crippen LogP contribution is -2.18. The topological polar surface area (TPSA) is 50.9 Å². The van der Waals surface area contributed by atoms with E-state index in [-0.39, 0.29) is 5.41 Å². The standard InChI is InChI=1S/C18H25N3/c1-13(21-12-14-9-10-20-17(19)11-14)15-5-7-16(8-6-15)18(2,3)4/h5-11,13,21H,12H2,1-4H3,(H2,19,20)/t13-/m0/s1. The number of nitrogens with two attached hydrogens (primary N) is 1. The zero-order valence-corrected chi connectivity index (χ0v) is 13.4. The number of pyridine rings is 1. The summed E-state index contributed by atoms with van der Waals surface area (Å²) in [6, 6.07) is 13.0. The van der Waals surface area contributed by atoms with Gasteiger partial charge in [-0.05, 0) is 41.2 Å². The maximum atomic E-state index is 5.69. The van der Waals surface area contributed by atoms with E-state index in [1.807, 2.05) is 12.1 Å². The maximum absolute atomic E-state index is 5.69. The van der Waals surface area contributed by atoms with Crippen LogP contribution in [-0.2, 0) is 12.0 Å². The number of nitrogens with one attached hydrogen (secondary N) is 1. The third kappa shape index (κ3) is 4.30. The van der Waals surface area contributed by atoms with Gasteiger partial charge in [-0.1, -0.05) is 45.0 Å². The molecule has 21 heavy (non-hydrogen) atoms. The molecule has 0 amide bonds. The van der Waals surface area contributed by atoms with Crippen molar-refractivity contribution in [3.63, 3.8) is 0 Å². The lowest BCUT2D eigenvalue weighted by Gasteiger charge is -2.20. The summed E-state index contributed by atoms with van der Waals surface area (Å²) in [7, 11) is 0. The highest BCUT2D eigenvalue weighted by Crippen LogP contribution is 2.24. The van der Waals surface area contributed by atoms with Gasteiger partial charge in [0.15, 0.2) is 0 Å². The van der Waals surface area contributed by atoms with Gasteiger partial charge < -0.3 is 11.1 Å². The van der Waals surface area contributed by atoms with Crippen LogP contribution < -0.4 is 11.1 Å². The number of hydrogen-bond acceptors (Lipinski definition) is 3. The summed E-state index contributed by atoms with van der Waals surface area (Å²) >= 11 is 0. The van der Waals surface area contributed by atoms with E-state index in [4.69, 9.17) is 5.73 Å². The molecule has 0 radical (unpaired) electrons. The zero-order valence-electron chi connectivity index (χ0n) is 13.4. The minimum atomic E-state index is 0.198. The van der Waals surface area contributed by atoms with Crippen LogP contribution in [0.4, 0.5) is 5.82 Å². The number of nitrogen functional groups attached to an aromatic ring is 1. The molecule has 0 saturated heterocycles. The molecule has 0 unspecified atom stereocenters. The van der Waals surface area contributed by atoms with Gasteiger partial charge in [-0.25, -0.2) is 4.98 Å². The number of nitrogens with zero attached hydrogens (tertiary/aromatic N) is 1. The monoisotopic (exact) mass is 283 g/mol. The van der Waals surface area contributed by atoms with Gasteiger partial charge in [0.25, 0.3) is 0 Å². The van der Waals surface area contributed by atoms with Crippen LogP contribution in [0.5, 0.6) is 0 Å². The highest BCUT2D eigenvalue weighted by Gasteiger charge is 2.13. The van der Waals surface area contributed by atoms with Crippen LogP contribution in [-0.4, -0.2) is 4.98 Å². The number of benzene rings is 1. The minimum Gasteiger partial charge on any atom is -0.384 e. The molecular formula is C18H25N3. The van der Waals surface area contributed by atoms with E-state index in [1.165, 1.54) is 11.1 Å². The Hall–Kier alpha value is -1.87. The molecule has 3 nitrogen and oxygen atoms in total. The summed E-state index contributed by atoms with van der Waals surface area (Å²) in [5.41, 5.74) is 9.70. The van der Waals surface area contributed by atoms with E-state index in [1.54, 1.807) is 6.20 Å². The van der Waals surface area contributed by atoms with Gasteiger partial charge in [0, 0.05) is 18.8 Å². The Labute approximate surface area is 127 Å². The quantitative estimate of drug-likeness (QED) is 0.897. The SMILES string of the molecule is C[C@H](NCc1ccnc(N)c1)c1ccc(C(C)(C)C)cc1. The van der Waals surface area contributed by atoms with Gasteiger partial charge in [0.2, 0.25) is 0 Å². The Morgan fingerprint density at radius 2 is 1.81 bits per heavy atom. The summed E-state index contributed by atoms with van der Waals surface area (Å²) in [5, 5.41) is 3.52. The molecule has 0 spiro atoms. The molecule has 2 rings (SSSR count). The predicted octanol–water partition coefficient (Wildman–Crippen LogP) is 3.81. The lowest BCUT2D eigenvalue weighted by atomic mass is 9.86. The van der Waals surface area contributed by atoms with Crippen LogP contribution >= 0.6 is 0 Å². The average molecular weight is 283 g/mol. The average Bonchev–Trinajstić information content (AvgIpc) is 2.44. The molecule has 2 aromatic rings. The summed E-state index contributed by atoms with van der Waals surface area (Å²) in [6.45, 7) is 9.66. The smallest absolute Gasteiger partial charge is 0.123 e. The van der Waals surface area contributed by atoms with E-state index < -0.39 is 0 Å². The minimum absolute atomic E-state index is 0.198. The van der Waals surface area contributed by atoms with Crippen molar-refractivity contribution in [2.24, 2.45) is 0 Å². The Balaban J connectivity index is 1.99. The molecule has 0 fully saturated rings. The Kier molecular flexibility index (Phi) is 4.63. The summed E-state index contributed by atoms with van der Waals surface area (Å²) in [6.07, 6.45) is 1.75. The Morgan fingerprint density at radius 1 is 1.14 bits per heavy atom. The fraction of sp³-hybridized carbons (Fsp3) is 0.389. The van der Waals surface area contributed by atoms with Crippen molar-refractivity contribution in [2.45, 2.75) is 45.7 Å². The molecule has 112 valence electrons. The molecule has 0 aliphatic carbocycles. The van der Waals surface area contributed by atoms with Crippen molar-refractivity contribution in [3.8, 4) is 0 Å². The Morgan fingerprint density at radius 3 is 2.38 bits per heavy atom. The van der Waals surface area contributed by atoms with Gasteiger partial charge in [-0.15, -0.1) is 0 Å². The molecule has 0 saturated carbocycles.